The van der Waals surface area contributed by atoms with Gasteiger partial charge in [-0.15, -0.1) is 0 Å². The lowest BCUT2D eigenvalue weighted by Gasteiger charge is -2.53. The van der Waals surface area contributed by atoms with Crippen molar-refractivity contribution in [3.05, 3.63) is 42.1 Å². The van der Waals surface area contributed by atoms with E-state index in [2.05, 4.69) is 35.1 Å². The van der Waals surface area contributed by atoms with Crippen LogP contribution in [0.25, 0.3) is 0 Å². The van der Waals surface area contributed by atoms with Crippen molar-refractivity contribution in [2.75, 3.05) is 39.8 Å². The second-order valence-corrected chi connectivity index (χ2v) is 7.83. The third-order valence-corrected chi connectivity index (χ3v) is 6.21. The molecule has 1 amide bonds. The second kappa shape index (κ2) is 7.48. The van der Waals surface area contributed by atoms with E-state index >= 15 is 0 Å². The van der Waals surface area contributed by atoms with Gasteiger partial charge in [-0.05, 0) is 38.9 Å². The molecule has 2 saturated heterocycles. The van der Waals surface area contributed by atoms with E-state index < -0.39 is 0 Å². The van der Waals surface area contributed by atoms with E-state index in [-0.39, 0.29) is 11.4 Å². The van der Waals surface area contributed by atoms with Crippen LogP contribution in [0.1, 0.15) is 35.9 Å². The Kier molecular flexibility index (Phi) is 5.06. The first-order valence-corrected chi connectivity index (χ1v) is 9.87. The lowest BCUT2D eigenvalue weighted by Crippen LogP contribution is -2.64. The van der Waals surface area contributed by atoms with Crippen molar-refractivity contribution < 1.29 is 9.21 Å². The van der Waals surface area contributed by atoms with Crippen LogP contribution in [-0.4, -0.2) is 75.7 Å². The fourth-order valence-electron chi connectivity index (χ4n) is 4.42. The molecule has 2 aromatic heterocycles. The van der Waals surface area contributed by atoms with E-state index in [1.54, 1.807) is 18.4 Å². The molecule has 1 spiro atoms. The zero-order valence-electron chi connectivity index (χ0n) is 16.3. The van der Waals surface area contributed by atoms with Gasteiger partial charge in [0.15, 0.2) is 5.76 Å². The molecule has 0 radical (unpaired) electrons. The molecular weight excluding hydrogens is 342 g/mol. The van der Waals surface area contributed by atoms with Gasteiger partial charge in [-0.25, -0.2) is 0 Å². The van der Waals surface area contributed by atoms with Crippen LogP contribution >= 0.6 is 0 Å². The minimum Gasteiger partial charge on any atom is -0.459 e. The molecule has 27 heavy (non-hydrogen) atoms. The lowest BCUT2D eigenvalue weighted by molar-refractivity contribution is -0.0266. The number of likely N-dealkylation sites (N-methyl/N-ethyl adjacent to an activating group) is 1. The van der Waals surface area contributed by atoms with Crippen LogP contribution in [-0.2, 0) is 13.1 Å². The number of rotatable bonds is 4. The summed E-state index contributed by atoms with van der Waals surface area (Å²) in [5.74, 6) is 0.453. The summed E-state index contributed by atoms with van der Waals surface area (Å²) in [6.07, 6.45) is 7.70. The number of aryl methyl sites for hydroxylation is 1. The Labute approximate surface area is 160 Å². The molecule has 146 valence electrons. The van der Waals surface area contributed by atoms with Gasteiger partial charge in [0.25, 0.3) is 5.91 Å². The predicted octanol–water partition coefficient (Wildman–Crippen LogP) is 1.92. The first-order chi connectivity index (χ1) is 13.1. The van der Waals surface area contributed by atoms with Crippen molar-refractivity contribution in [3.8, 4) is 0 Å². The summed E-state index contributed by atoms with van der Waals surface area (Å²) in [6.45, 7) is 8.72. The number of likely N-dealkylation sites (tertiary alicyclic amines) is 1. The molecule has 2 aliphatic rings. The number of hydrogen-bond acceptors (Lipinski definition) is 5. The van der Waals surface area contributed by atoms with Crippen LogP contribution in [0, 0.1) is 0 Å². The van der Waals surface area contributed by atoms with Crippen molar-refractivity contribution in [2.24, 2.45) is 0 Å². The first kappa shape index (κ1) is 18.3. The van der Waals surface area contributed by atoms with Crippen molar-refractivity contribution in [3.63, 3.8) is 0 Å². The molecular formula is C20H29N5O2. The molecule has 0 atom stereocenters. The smallest absolute Gasteiger partial charge is 0.289 e. The Hall–Kier alpha value is -2.12. The largest absolute Gasteiger partial charge is 0.459 e. The normalized spacial score (nSPS) is 21.0. The maximum atomic E-state index is 12.5. The van der Waals surface area contributed by atoms with E-state index in [9.17, 15) is 4.79 Å². The Bertz CT molecular complexity index is 761. The zero-order valence-corrected chi connectivity index (χ0v) is 16.3. The van der Waals surface area contributed by atoms with Gasteiger partial charge in [0.2, 0.25) is 0 Å². The van der Waals surface area contributed by atoms with Gasteiger partial charge in [0.05, 0.1) is 12.5 Å². The molecule has 2 fully saturated rings. The van der Waals surface area contributed by atoms with Gasteiger partial charge in [-0.1, -0.05) is 0 Å². The first-order valence-electron chi connectivity index (χ1n) is 9.87. The van der Waals surface area contributed by atoms with Crippen LogP contribution < -0.4 is 0 Å². The second-order valence-electron chi connectivity index (χ2n) is 7.83. The van der Waals surface area contributed by atoms with Crippen molar-refractivity contribution >= 4 is 5.91 Å². The van der Waals surface area contributed by atoms with Crippen LogP contribution in [0.4, 0.5) is 0 Å². The molecule has 4 rings (SSSR count). The Morgan fingerprint density at radius 1 is 1.26 bits per heavy atom. The summed E-state index contributed by atoms with van der Waals surface area (Å²) in [4.78, 5) is 19.5. The summed E-state index contributed by atoms with van der Waals surface area (Å²) >= 11 is 0. The Balaban J connectivity index is 1.39. The van der Waals surface area contributed by atoms with Gasteiger partial charge in [-0.3, -0.25) is 19.3 Å². The summed E-state index contributed by atoms with van der Waals surface area (Å²) < 4.78 is 7.27. The van der Waals surface area contributed by atoms with Crippen LogP contribution in [0.5, 0.6) is 0 Å². The standard InChI is InChI=1S/C20H29N5O2/c1-3-25-15-17(13-21-25)14-23-11-10-22(2)20(16-23)6-8-24(9-7-20)19(26)18-5-4-12-27-18/h4-5,12-13,15H,3,6-11,14,16H2,1-2H3. The molecule has 2 aromatic rings. The maximum absolute atomic E-state index is 12.5. The number of piperidine rings is 1. The average Bonchev–Trinajstić information content (AvgIpc) is 3.37. The van der Waals surface area contributed by atoms with E-state index in [1.165, 1.54) is 5.56 Å². The van der Waals surface area contributed by atoms with Crippen LogP contribution in [0.2, 0.25) is 0 Å². The molecule has 0 aliphatic carbocycles. The van der Waals surface area contributed by atoms with E-state index in [4.69, 9.17) is 4.42 Å². The summed E-state index contributed by atoms with van der Waals surface area (Å²) in [7, 11) is 2.23. The van der Waals surface area contributed by atoms with Crippen LogP contribution in [0.3, 0.4) is 0 Å². The molecule has 0 bridgehead atoms. The van der Waals surface area contributed by atoms with Crippen LogP contribution in [0.15, 0.2) is 35.2 Å². The van der Waals surface area contributed by atoms with E-state index in [1.807, 2.05) is 15.8 Å². The number of carbonyl (C=O) groups excluding carboxylic acids is 1. The third-order valence-electron chi connectivity index (χ3n) is 6.21. The maximum Gasteiger partial charge on any atom is 0.289 e. The third kappa shape index (κ3) is 3.66. The highest BCUT2D eigenvalue weighted by Gasteiger charge is 2.43. The molecule has 7 nitrogen and oxygen atoms in total. The van der Waals surface area contributed by atoms with E-state index in [0.29, 0.717) is 5.76 Å². The predicted molar refractivity (Wildman–Crippen MR) is 102 cm³/mol. The number of furan rings is 1. The highest BCUT2D eigenvalue weighted by Crippen LogP contribution is 2.32. The molecule has 7 heteroatoms. The van der Waals surface area contributed by atoms with Gasteiger partial charge in [0.1, 0.15) is 0 Å². The molecule has 0 unspecified atom stereocenters. The minimum absolute atomic E-state index is 0.0112. The summed E-state index contributed by atoms with van der Waals surface area (Å²) in [5, 5.41) is 4.40. The molecule has 0 saturated carbocycles. The summed E-state index contributed by atoms with van der Waals surface area (Å²) in [5.41, 5.74) is 1.43. The average molecular weight is 371 g/mol. The van der Waals surface area contributed by atoms with Gasteiger partial charge < -0.3 is 9.32 Å². The number of carbonyl (C=O) groups is 1. The van der Waals surface area contributed by atoms with Gasteiger partial charge in [-0.2, -0.15) is 5.10 Å². The topological polar surface area (TPSA) is 57.8 Å². The molecule has 0 N–H and O–H groups in total. The van der Waals surface area contributed by atoms with Gasteiger partial charge >= 0.3 is 0 Å². The minimum atomic E-state index is 0.0112. The number of amides is 1. The Morgan fingerprint density at radius 3 is 2.74 bits per heavy atom. The quantitative estimate of drug-likeness (QED) is 0.822. The monoisotopic (exact) mass is 371 g/mol. The molecule has 0 aromatic carbocycles. The van der Waals surface area contributed by atoms with Crippen molar-refractivity contribution in [1.82, 2.24) is 24.5 Å². The number of piperazine rings is 1. The zero-order chi connectivity index (χ0) is 18.9. The van der Waals surface area contributed by atoms with Crippen molar-refractivity contribution in [1.29, 1.82) is 0 Å². The van der Waals surface area contributed by atoms with Gasteiger partial charge in [0, 0.05) is 63.1 Å². The lowest BCUT2D eigenvalue weighted by atomic mass is 9.83. The number of hydrogen-bond donors (Lipinski definition) is 0. The summed E-state index contributed by atoms with van der Waals surface area (Å²) in [6, 6.07) is 3.52. The Morgan fingerprint density at radius 2 is 2.07 bits per heavy atom. The fraction of sp³-hybridized carbons (Fsp3) is 0.600. The molecule has 4 heterocycles. The fourth-order valence-corrected chi connectivity index (χ4v) is 4.42. The number of nitrogens with zero attached hydrogens (tertiary/aromatic N) is 5. The molecule has 2 aliphatic heterocycles. The highest BCUT2D eigenvalue weighted by atomic mass is 16.3. The highest BCUT2D eigenvalue weighted by molar-refractivity contribution is 5.91. The number of aromatic nitrogens is 2. The SMILES string of the molecule is CCn1cc(CN2CCN(C)C3(CCN(C(=O)c4ccco4)CC3)C2)cn1. The van der Waals surface area contributed by atoms with E-state index in [0.717, 1.165) is 58.7 Å². The van der Waals surface area contributed by atoms with Crippen molar-refractivity contribution in [2.45, 2.75) is 38.4 Å².